The van der Waals surface area contributed by atoms with Crippen molar-refractivity contribution in [2.24, 2.45) is 0 Å². The van der Waals surface area contributed by atoms with Gasteiger partial charge < -0.3 is 19.5 Å². The van der Waals surface area contributed by atoms with Gasteiger partial charge in [-0.15, -0.1) is 0 Å². The third kappa shape index (κ3) is 4.55. The summed E-state index contributed by atoms with van der Waals surface area (Å²) in [5.41, 5.74) is 2.78. The average molecular weight is 402 g/mol. The van der Waals surface area contributed by atoms with Crippen molar-refractivity contribution >= 4 is 21.6 Å². The number of rotatable bonds is 3. The topological polar surface area (TPSA) is 41.9 Å². The van der Waals surface area contributed by atoms with Crippen molar-refractivity contribution in [2.75, 3.05) is 38.3 Å². The molecule has 0 bridgehead atoms. The van der Waals surface area contributed by atoms with Crippen LogP contribution in [0.1, 0.15) is 17.2 Å². The number of nitrogens with zero attached hydrogens (tertiary/aromatic N) is 1. The fourth-order valence-corrected chi connectivity index (χ4v) is 3.22. The van der Waals surface area contributed by atoms with Crippen molar-refractivity contribution in [2.45, 2.75) is 6.10 Å². The van der Waals surface area contributed by atoms with Crippen molar-refractivity contribution in [3.05, 3.63) is 58.1 Å². The molecule has 2 aromatic rings. The van der Waals surface area contributed by atoms with Crippen LogP contribution in [0.3, 0.4) is 0 Å². The van der Waals surface area contributed by atoms with Crippen LogP contribution in [0.25, 0.3) is 0 Å². The van der Waals surface area contributed by atoms with Gasteiger partial charge in [0.1, 0.15) is 11.9 Å². The van der Waals surface area contributed by atoms with Gasteiger partial charge in [0.05, 0.1) is 24.8 Å². The quantitative estimate of drug-likeness (QED) is 0.800. The molecular weight excluding hydrogens is 382 g/mol. The molecule has 1 N–H and O–H groups in total. The van der Waals surface area contributed by atoms with Crippen LogP contribution in [0.5, 0.6) is 5.75 Å². The van der Waals surface area contributed by atoms with Gasteiger partial charge in [-0.3, -0.25) is 0 Å². The molecule has 1 unspecified atom stereocenters. The highest BCUT2D eigenvalue weighted by atomic mass is 79.9. The minimum atomic E-state index is -0.846. The second-order valence-electron chi connectivity index (χ2n) is 5.71. The fraction of sp³-hybridized carbons (Fsp3) is 0.300. The molecule has 25 heavy (non-hydrogen) atoms. The molecule has 1 atom stereocenters. The Labute approximate surface area is 156 Å². The second kappa shape index (κ2) is 8.39. The van der Waals surface area contributed by atoms with Crippen molar-refractivity contribution in [1.29, 1.82) is 0 Å². The number of aliphatic hydroxyl groups excluding tert-OH is 1. The predicted molar refractivity (Wildman–Crippen MR) is 102 cm³/mol. The molecule has 0 aliphatic carbocycles. The van der Waals surface area contributed by atoms with Crippen molar-refractivity contribution in [3.8, 4) is 17.6 Å². The van der Waals surface area contributed by atoms with E-state index >= 15 is 0 Å². The number of anilines is 1. The van der Waals surface area contributed by atoms with Gasteiger partial charge in [-0.25, -0.2) is 0 Å². The fourth-order valence-electron chi connectivity index (χ4n) is 2.66. The smallest absolute Gasteiger partial charge is 0.140 e. The van der Waals surface area contributed by atoms with Crippen LogP contribution < -0.4 is 9.64 Å². The average Bonchev–Trinajstić information content (AvgIpc) is 2.67. The predicted octanol–water partition coefficient (Wildman–Crippen LogP) is 3.38. The van der Waals surface area contributed by atoms with Gasteiger partial charge in [-0.1, -0.05) is 17.9 Å². The van der Waals surface area contributed by atoms with Crippen molar-refractivity contribution in [1.82, 2.24) is 0 Å². The first-order valence-corrected chi connectivity index (χ1v) is 8.92. The largest absolute Gasteiger partial charge is 0.496 e. The van der Waals surface area contributed by atoms with Gasteiger partial charge in [-0.05, 0) is 57.9 Å². The molecule has 0 amide bonds. The van der Waals surface area contributed by atoms with E-state index in [1.165, 1.54) is 5.69 Å². The van der Waals surface area contributed by atoms with E-state index in [9.17, 15) is 5.11 Å². The molecule has 2 aromatic carbocycles. The van der Waals surface area contributed by atoms with Crippen LogP contribution in [0.2, 0.25) is 0 Å². The van der Waals surface area contributed by atoms with Crippen molar-refractivity contribution in [3.63, 3.8) is 0 Å². The zero-order valence-corrected chi connectivity index (χ0v) is 15.6. The highest BCUT2D eigenvalue weighted by molar-refractivity contribution is 9.10. The second-order valence-corrected chi connectivity index (χ2v) is 6.57. The third-order valence-corrected chi connectivity index (χ3v) is 4.71. The van der Waals surface area contributed by atoms with Gasteiger partial charge in [0.2, 0.25) is 0 Å². The number of halogens is 1. The number of morpholine rings is 1. The zero-order valence-electron chi connectivity index (χ0n) is 14.0. The maximum atomic E-state index is 10.3. The molecule has 0 radical (unpaired) electrons. The molecule has 0 aromatic heterocycles. The lowest BCUT2D eigenvalue weighted by Gasteiger charge is -2.28. The summed E-state index contributed by atoms with van der Waals surface area (Å²) in [4.78, 5) is 2.30. The standard InChI is InChI=1S/C20H20BrNO3/c1-24-20-9-5-16(14-18(20)21)19(23)8-4-15-2-6-17(7-3-15)22-10-12-25-13-11-22/h2-3,5-7,9,14,19,23H,10-13H2,1H3. The summed E-state index contributed by atoms with van der Waals surface area (Å²) in [5.74, 6) is 6.65. The van der Waals surface area contributed by atoms with Crippen LogP contribution in [0, 0.1) is 11.8 Å². The van der Waals surface area contributed by atoms with Crippen molar-refractivity contribution < 1.29 is 14.6 Å². The molecule has 5 heteroatoms. The molecule has 1 aliphatic rings. The number of benzene rings is 2. The van der Waals surface area contributed by atoms with E-state index in [1.54, 1.807) is 13.2 Å². The Hall–Kier alpha value is -2.00. The normalized spacial score (nSPS) is 15.2. The monoisotopic (exact) mass is 401 g/mol. The van der Waals surface area contributed by atoms with Crippen LogP contribution in [0.15, 0.2) is 46.9 Å². The molecule has 1 fully saturated rings. The Kier molecular flexibility index (Phi) is 5.98. The van der Waals surface area contributed by atoms with Gasteiger partial charge in [0.15, 0.2) is 0 Å². The minimum absolute atomic E-state index is 0.725. The SMILES string of the molecule is COc1ccc(C(O)C#Cc2ccc(N3CCOCC3)cc2)cc1Br. The molecule has 0 spiro atoms. The van der Waals surface area contributed by atoms with Gasteiger partial charge in [0, 0.05) is 24.3 Å². The third-order valence-electron chi connectivity index (χ3n) is 4.09. The summed E-state index contributed by atoms with van der Waals surface area (Å²) < 4.78 is 11.4. The Morgan fingerprint density at radius 3 is 2.52 bits per heavy atom. The molecule has 0 saturated carbocycles. The Balaban J connectivity index is 1.69. The highest BCUT2D eigenvalue weighted by Gasteiger charge is 2.10. The maximum absolute atomic E-state index is 10.3. The first kappa shape index (κ1) is 17.8. The highest BCUT2D eigenvalue weighted by Crippen LogP contribution is 2.28. The summed E-state index contributed by atoms with van der Waals surface area (Å²) in [5, 5.41) is 10.3. The van der Waals surface area contributed by atoms with Crippen LogP contribution >= 0.6 is 15.9 Å². The maximum Gasteiger partial charge on any atom is 0.140 e. The molecule has 1 aliphatic heterocycles. The summed E-state index contributed by atoms with van der Waals surface area (Å²) in [7, 11) is 1.61. The first-order valence-electron chi connectivity index (χ1n) is 8.13. The lowest BCUT2D eigenvalue weighted by atomic mass is 10.1. The number of hydrogen-bond donors (Lipinski definition) is 1. The van der Waals surface area contributed by atoms with E-state index in [0.29, 0.717) is 0 Å². The van der Waals surface area contributed by atoms with Crippen LogP contribution in [-0.2, 0) is 4.74 Å². The molecule has 3 rings (SSSR count). The first-order chi connectivity index (χ1) is 12.2. The number of methoxy groups -OCH3 is 1. The van der Waals surface area contributed by atoms with Gasteiger partial charge in [0.25, 0.3) is 0 Å². The lowest BCUT2D eigenvalue weighted by molar-refractivity contribution is 0.122. The molecular formula is C20H20BrNO3. The summed E-state index contributed by atoms with van der Waals surface area (Å²) in [6.07, 6.45) is -0.846. The molecule has 4 nitrogen and oxygen atoms in total. The van der Waals surface area contributed by atoms with Crippen LogP contribution in [0.4, 0.5) is 5.69 Å². The molecule has 1 heterocycles. The number of aliphatic hydroxyl groups is 1. The Morgan fingerprint density at radius 2 is 1.88 bits per heavy atom. The summed E-state index contributed by atoms with van der Waals surface area (Å²) in [6.45, 7) is 3.36. The van der Waals surface area contributed by atoms with Crippen LogP contribution in [-0.4, -0.2) is 38.5 Å². The Bertz CT molecular complexity index is 774. The lowest BCUT2D eigenvalue weighted by Crippen LogP contribution is -2.36. The van der Waals surface area contributed by atoms with E-state index in [4.69, 9.17) is 9.47 Å². The summed E-state index contributed by atoms with van der Waals surface area (Å²) in [6, 6.07) is 13.5. The van der Waals surface area contributed by atoms with E-state index < -0.39 is 6.10 Å². The van der Waals surface area contributed by atoms with E-state index in [1.807, 2.05) is 24.3 Å². The van der Waals surface area contributed by atoms with Gasteiger partial charge >= 0.3 is 0 Å². The van der Waals surface area contributed by atoms with E-state index in [0.717, 1.165) is 47.7 Å². The Morgan fingerprint density at radius 1 is 1.16 bits per heavy atom. The van der Waals surface area contributed by atoms with E-state index in [-0.39, 0.29) is 0 Å². The number of ether oxygens (including phenoxy) is 2. The molecule has 1 saturated heterocycles. The van der Waals surface area contributed by atoms with E-state index in [2.05, 4.69) is 44.8 Å². The minimum Gasteiger partial charge on any atom is -0.496 e. The zero-order chi connectivity index (χ0) is 17.6. The number of hydrogen-bond acceptors (Lipinski definition) is 4. The summed E-state index contributed by atoms with van der Waals surface area (Å²) >= 11 is 3.42. The van der Waals surface area contributed by atoms with Gasteiger partial charge in [-0.2, -0.15) is 0 Å². The molecule has 130 valence electrons.